The molecule has 3 N–H and O–H groups in total. The molecule has 120 valence electrons. The topological polar surface area (TPSA) is 46.2 Å². The largest absolute Gasteiger partial charge is 0.393 e. The summed E-state index contributed by atoms with van der Waals surface area (Å²) in [6, 6.07) is 0.446. The van der Waals surface area contributed by atoms with Crippen LogP contribution < -0.4 is 5.73 Å². The molecule has 0 radical (unpaired) electrons. The maximum Gasteiger partial charge on any atom is 0.0543 e. The van der Waals surface area contributed by atoms with Crippen molar-refractivity contribution in [3.63, 3.8) is 0 Å². The zero-order valence-electron chi connectivity index (χ0n) is 13.9. The van der Waals surface area contributed by atoms with Crippen LogP contribution in [0.4, 0.5) is 0 Å². The maximum atomic E-state index is 10.1. The van der Waals surface area contributed by atoms with Crippen molar-refractivity contribution in [2.75, 3.05) is 0 Å². The molecule has 4 saturated carbocycles. The first-order chi connectivity index (χ1) is 9.95. The Hall–Kier alpha value is -0.0800. The van der Waals surface area contributed by atoms with E-state index in [9.17, 15) is 5.11 Å². The normalized spacial score (nSPS) is 60.0. The van der Waals surface area contributed by atoms with Crippen LogP contribution in [0.15, 0.2) is 0 Å². The van der Waals surface area contributed by atoms with Crippen molar-refractivity contribution >= 4 is 0 Å². The lowest BCUT2D eigenvalue weighted by Gasteiger charge is -2.60. The predicted octanol–water partition coefficient (Wildman–Crippen LogP) is 3.72. The Bertz CT molecular complexity index is 424. The minimum Gasteiger partial charge on any atom is -0.393 e. The second kappa shape index (κ2) is 4.71. The summed E-state index contributed by atoms with van der Waals surface area (Å²) >= 11 is 0. The van der Waals surface area contributed by atoms with Crippen molar-refractivity contribution < 1.29 is 5.11 Å². The Balaban J connectivity index is 1.62. The highest BCUT2D eigenvalue weighted by atomic mass is 16.3. The van der Waals surface area contributed by atoms with E-state index in [1.807, 2.05) is 0 Å². The van der Waals surface area contributed by atoms with Gasteiger partial charge in [-0.15, -0.1) is 0 Å². The fraction of sp³-hybridized carbons (Fsp3) is 1.00. The van der Waals surface area contributed by atoms with Crippen molar-refractivity contribution in [1.82, 2.24) is 0 Å². The van der Waals surface area contributed by atoms with Crippen LogP contribution in [-0.2, 0) is 0 Å². The van der Waals surface area contributed by atoms with Gasteiger partial charge in [0, 0.05) is 6.04 Å². The Labute approximate surface area is 129 Å². The molecule has 0 aromatic rings. The smallest absolute Gasteiger partial charge is 0.0543 e. The summed E-state index contributed by atoms with van der Waals surface area (Å²) in [7, 11) is 0. The molecular weight excluding hydrogens is 258 g/mol. The predicted molar refractivity (Wildman–Crippen MR) is 85.7 cm³/mol. The molecule has 0 aliphatic heterocycles. The van der Waals surface area contributed by atoms with Gasteiger partial charge in [-0.1, -0.05) is 13.8 Å². The minimum atomic E-state index is -0.0200. The Kier molecular flexibility index (Phi) is 3.25. The van der Waals surface area contributed by atoms with Crippen LogP contribution in [0.25, 0.3) is 0 Å². The molecule has 4 aliphatic rings. The monoisotopic (exact) mass is 291 g/mol. The molecule has 4 rings (SSSR count). The van der Waals surface area contributed by atoms with Crippen LogP contribution in [0.5, 0.6) is 0 Å². The van der Waals surface area contributed by atoms with E-state index >= 15 is 0 Å². The standard InChI is InChI=1S/C19H33NO/c1-18-9-7-13(21)11-12(18)3-4-14-15-5-6-17(20)19(15,2)10-8-16(14)18/h12-17,21H,3-11,20H2,1-2H3/t12?,13-,14+,15+,16+,17+,18+,19+/m1/s1. The van der Waals surface area contributed by atoms with E-state index in [1.165, 1.54) is 44.9 Å². The molecule has 21 heavy (non-hydrogen) atoms. The number of nitrogens with two attached hydrogens (primary N) is 1. The maximum absolute atomic E-state index is 10.1. The summed E-state index contributed by atoms with van der Waals surface area (Å²) in [5.74, 6) is 3.50. The lowest BCUT2D eigenvalue weighted by Crippen LogP contribution is -2.55. The van der Waals surface area contributed by atoms with Gasteiger partial charge in [-0.3, -0.25) is 0 Å². The summed E-state index contributed by atoms with van der Waals surface area (Å²) in [5.41, 5.74) is 7.43. The van der Waals surface area contributed by atoms with E-state index in [0.29, 0.717) is 16.9 Å². The second-order valence-electron chi connectivity index (χ2n) is 9.31. The minimum absolute atomic E-state index is 0.0200. The number of hydrogen-bond donors (Lipinski definition) is 2. The Morgan fingerprint density at radius 1 is 0.857 bits per heavy atom. The molecule has 0 amide bonds. The first-order valence-corrected chi connectivity index (χ1v) is 9.39. The molecule has 0 saturated heterocycles. The van der Waals surface area contributed by atoms with Gasteiger partial charge >= 0.3 is 0 Å². The number of hydrogen-bond acceptors (Lipinski definition) is 2. The molecule has 0 aromatic carbocycles. The van der Waals surface area contributed by atoms with Crippen LogP contribution in [0.3, 0.4) is 0 Å². The molecule has 1 unspecified atom stereocenters. The van der Waals surface area contributed by atoms with Gasteiger partial charge in [0.05, 0.1) is 6.10 Å². The van der Waals surface area contributed by atoms with Gasteiger partial charge < -0.3 is 10.8 Å². The Morgan fingerprint density at radius 3 is 2.38 bits per heavy atom. The fourth-order valence-corrected chi connectivity index (χ4v) is 7.28. The molecule has 0 bridgehead atoms. The van der Waals surface area contributed by atoms with Gasteiger partial charge in [0.25, 0.3) is 0 Å². The first-order valence-electron chi connectivity index (χ1n) is 9.39. The zero-order valence-corrected chi connectivity index (χ0v) is 13.9. The number of rotatable bonds is 0. The molecule has 2 heteroatoms. The molecule has 0 aromatic heterocycles. The summed E-state index contributed by atoms with van der Waals surface area (Å²) in [6.45, 7) is 5.06. The van der Waals surface area contributed by atoms with Gasteiger partial charge in [-0.2, -0.15) is 0 Å². The van der Waals surface area contributed by atoms with Crippen LogP contribution in [-0.4, -0.2) is 17.3 Å². The summed E-state index contributed by atoms with van der Waals surface area (Å²) in [5, 5.41) is 10.1. The highest BCUT2D eigenvalue weighted by Gasteiger charge is 2.59. The third-order valence-electron chi connectivity index (χ3n) is 8.71. The van der Waals surface area contributed by atoms with Crippen molar-refractivity contribution in [3.8, 4) is 0 Å². The molecule has 4 fully saturated rings. The van der Waals surface area contributed by atoms with Gasteiger partial charge in [-0.25, -0.2) is 0 Å². The van der Waals surface area contributed by atoms with Crippen molar-refractivity contribution in [2.45, 2.75) is 83.8 Å². The molecule has 4 aliphatic carbocycles. The summed E-state index contributed by atoms with van der Waals surface area (Å²) < 4.78 is 0. The molecule has 0 heterocycles. The van der Waals surface area contributed by atoms with E-state index in [1.54, 1.807) is 0 Å². The Morgan fingerprint density at radius 2 is 1.57 bits per heavy atom. The van der Waals surface area contributed by atoms with Crippen LogP contribution in [0.1, 0.15) is 71.6 Å². The SMILES string of the molecule is C[C@]12CC[C@H]3[C@@H](CCC4C[C@H](O)CC[C@@]43C)[C@@H]1CC[C@@H]2N. The average molecular weight is 291 g/mol. The first kappa shape index (κ1) is 14.5. The third kappa shape index (κ3) is 1.91. The second-order valence-corrected chi connectivity index (χ2v) is 9.31. The highest BCUT2D eigenvalue weighted by molar-refractivity contribution is 5.10. The lowest BCUT2D eigenvalue weighted by atomic mass is 9.45. The lowest BCUT2D eigenvalue weighted by molar-refractivity contribution is -0.122. The number of fused-ring (bicyclic) bond motifs is 5. The van der Waals surface area contributed by atoms with Gasteiger partial charge in [-0.05, 0) is 92.3 Å². The van der Waals surface area contributed by atoms with Crippen molar-refractivity contribution in [1.29, 1.82) is 0 Å². The van der Waals surface area contributed by atoms with Gasteiger partial charge in [0.1, 0.15) is 0 Å². The van der Waals surface area contributed by atoms with E-state index in [-0.39, 0.29) is 6.10 Å². The van der Waals surface area contributed by atoms with Gasteiger partial charge in [0.15, 0.2) is 0 Å². The summed E-state index contributed by atoms with van der Waals surface area (Å²) in [6.07, 6.45) is 11.5. The average Bonchev–Trinajstić information content (AvgIpc) is 2.76. The van der Waals surface area contributed by atoms with E-state index in [0.717, 1.165) is 36.5 Å². The highest BCUT2D eigenvalue weighted by Crippen LogP contribution is 2.65. The molecule has 2 nitrogen and oxygen atoms in total. The van der Waals surface area contributed by atoms with Crippen LogP contribution in [0.2, 0.25) is 0 Å². The molecular formula is C19H33NO. The fourth-order valence-electron chi connectivity index (χ4n) is 7.28. The zero-order chi connectivity index (χ0) is 14.8. The van der Waals surface area contributed by atoms with Crippen LogP contribution >= 0.6 is 0 Å². The molecule has 8 atom stereocenters. The van der Waals surface area contributed by atoms with E-state index in [2.05, 4.69) is 13.8 Å². The van der Waals surface area contributed by atoms with E-state index < -0.39 is 0 Å². The van der Waals surface area contributed by atoms with Crippen LogP contribution in [0, 0.1) is 34.5 Å². The van der Waals surface area contributed by atoms with Crippen molar-refractivity contribution in [2.24, 2.45) is 40.2 Å². The quantitative estimate of drug-likeness (QED) is 0.714. The third-order valence-corrected chi connectivity index (χ3v) is 8.71. The summed E-state index contributed by atoms with van der Waals surface area (Å²) in [4.78, 5) is 0. The number of aliphatic hydroxyl groups excluding tert-OH is 1. The van der Waals surface area contributed by atoms with Crippen molar-refractivity contribution in [3.05, 3.63) is 0 Å². The van der Waals surface area contributed by atoms with E-state index in [4.69, 9.17) is 5.73 Å². The van der Waals surface area contributed by atoms with Gasteiger partial charge in [0.2, 0.25) is 0 Å². The number of aliphatic hydroxyl groups is 1. The molecule has 0 spiro atoms.